The van der Waals surface area contributed by atoms with E-state index in [1.165, 1.54) is 37.8 Å². The van der Waals surface area contributed by atoms with Crippen LogP contribution in [0.4, 0.5) is 17.6 Å². The van der Waals surface area contributed by atoms with Crippen molar-refractivity contribution < 1.29 is 22.3 Å². The number of hydrogen-bond acceptors (Lipinski definition) is 1. The van der Waals surface area contributed by atoms with E-state index in [9.17, 15) is 8.78 Å². The molecule has 0 N–H and O–H groups in total. The molecule has 1 saturated carbocycles. The fraction of sp³-hybridized carbons (Fsp3) is 0.400. The van der Waals surface area contributed by atoms with Gasteiger partial charge in [-0.2, -0.15) is 0 Å². The van der Waals surface area contributed by atoms with Crippen molar-refractivity contribution in [3.05, 3.63) is 82.9 Å². The summed E-state index contributed by atoms with van der Waals surface area (Å²) in [5.74, 6) is -2.41. The number of ether oxygens (including phenoxy) is 1. The molecule has 0 aromatic heterocycles. The molecule has 186 valence electrons. The second-order valence-corrected chi connectivity index (χ2v) is 9.67. The summed E-state index contributed by atoms with van der Waals surface area (Å²) in [4.78, 5) is 0. The molecule has 0 atom stereocenters. The zero-order chi connectivity index (χ0) is 24.9. The van der Waals surface area contributed by atoms with Gasteiger partial charge in [-0.05, 0) is 79.8 Å². The Morgan fingerprint density at radius 1 is 0.829 bits per heavy atom. The predicted molar refractivity (Wildman–Crippen MR) is 132 cm³/mol. The molecule has 5 heteroatoms. The molecule has 3 aromatic carbocycles. The van der Waals surface area contributed by atoms with Crippen molar-refractivity contribution in [2.24, 2.45) is 5.92 Å². The third kappa shape index (κ3) is 5.71. The monoisotopic (exact) mass is 484 g/mol. The van der Waals surface area contributed by atoms with Crippen molar-refractivity contribution in [2.45, 2.75) is 71.1 Å². The van der Waals surface area contributed by atoms with Crippen molar-refractivity contribution in [1.82, 2.24) is 0 Å². The van der Waals surface area contributed by atoms with Gasteiger partial charge in [-0.25, -0.2) is 17.6 Å². The third-order valence-electron chi connectivity index (χ3n) is 7.20. The molecule has 1 aliphatic carbocycles. The highest BCUT2D eigenvalue weighted by atomic mass is 19.2. The minimum atomic E-state index is -0.978. The molecular formula is C30H32F4O. The lowest BCUT2D eigenvalue weighted by Crippen LogP contribution is -2.16. The van der Waals surface area contributed by atoms with Crippen LogP contribution in [0.15, 0.2) is 48.5 Å². The molecule has 1 nitrogen and oxygen atoms in total. The molecule has 0 amide bonds. The first-order valence-electron chi connectivity index (χ1n) is 12.6. The van der Waals surface area contributed by atoms with Gasteiger partial charge in [0.1, 0.15) is 11.6 Å². The van der Waals surface area contributed by atoms with Crippen LogP contribution in [0.5, 0.6) is 11.5 Å². The maximum absolute atomic E-state index is 15.8. The van der Waals surface area contributed by atoms with E-state index >= 15 is 8.78 Å². The van der Waals surface area contributed by atoms with Crippen molar-refractivity contribution in [3.63, 3.8) is 0 Å². The van der Waals surface area contributed by atoms with E-state index in [0.717, 1.165) is 37.8 Å². The molecular weight excluding hydrogens is 452 g/mol. The average Bonchev–Trinajstić information content (AvgIpc) is 2.85. The number of rotatable bonds is 8. The van der Waals surface area contributed by atoms with E-state index in [1.807, 2.05) is 0 Å². The van der Waals surface area contributed by atoms with Crippen molar-refractivity contribution in [3.8, 4) is 22.6 Å². The Kier molecular flexibility index (Phi) is 8.15. The van der Waals surface area contributed by atoms with Gasteiger partial charge in [0.05, 0.1) is 0 Å². The number of halogens is 4. The maximum Gasteiger partial charge on any atom is 0.172 e. The number of para-hydroxylation sites is 1. The van der Waals surface area contributed by atoms with E-state index in [1.54, 1.807) is 31.2 Å². The lowest BCUT2D eigenvalue weighted by molar-refractivity contribution is 0.293. The van der Waals surface area contributed by atoms with E-state index in [4.69, 9.17) is 4.74 Å². The van der Waals surface area contributed by atoms with Crippen LogP contribution in [0.3, 0.4) is 0 Å². The van der Waals surface area contributed by atoms with Gasteiger partial charge in [-0.3, -0.25) is 0 Å². The summed E-state index contributed by atoms with van der Waals surface area (Å²) in [5, 5.41) is 0. The third-order valence-corrected chi connectivity index (χ3v) is 7.20. The van der Waals surface area contributed by atoms with Crippen molar-refractivity contribution >= 4 is 0 Å². The highest BCUT2D eigenvalue weighted by molar-refractivity contribution is 5.71. The smallest absolute Gasteiger partial charge is 0.172 e. The fourth-order valence-electron chi connectivity index (χ4n) is 5.22. The number of hydrogen-bond donors (Lipinski definition) is 0. The highest BCUT2D eigenvalue weighted by Gasteiger charge is 2.29. The zero-order valence-electron chi connectivity index (χ0n) is 20.4. The summed E-state index contributed by atoms with van der Waals surface area (Å²) in [6.45, 7) is 3.80. The molecule has 4 rings (SSSR count). The summed E-state index contributed by atoms with van der Waals surface area (Å²) in [6, 6.07) is 11.7. The van der Waals surface area contributed by atoms with Gasteiger partial charge in [0, 0.05) is 11.1 Å². The van der Waals surface area contributed by atoms with Gasteiger partial charge in [-0.1, -0.05) is 56.9 Å². The molecule has 1 fully saturated rings. The molecule has 0 heterocycles. The van der Waals surface area contributed by atoms with Crippen LogP contribution in [-0.2, 0) is 0 Å². The normalized spacial score (nSPS) is 18.0. The molecule has 0 saturated heterocycles. The van der Waals surface area contributed by atoms with Crippen molar-refractivity contribution in [1.29, 1.82) is 0 Å². The minimum absolute atomic E-state index is 0.0264. The van der Waals surface area contributed by atoms with E-state index in [-0.39, 0.29) is 23.0 Å². The first-order chi connectivity index (χ1) is 16.9. The van der Waals surface area contributed by atoms with Crippen LogP contribution in [-0.4, -0.2) is 0 Å². The van der Waals surface area contributed by atoms with E-state index < -0.39 is 23.3 Å². The second kappa shape index (κ2) is 11.3. The van der Waals surface area contributed by atoms with E-state index in [0.29, 0.717) is 22.6 Å². The molecule has 1 aliphatic rings. The van der Waals surface area contributed by atoms with Crippen molar-refractivity contribution in [2.75, 3.05) is 0 Å². The van der Waals surface area contributed by atoms with Gasteiger partial charge in [0.15, 0.2) is 23.2 Å². The second-order valence-electron chi connectivity index (χ2n) is 9.67. The van der Waals surface area contributed by atoms with Gasteiger partial charge in [-0.15, -0.1) is 0 Å². The first-order valence-corrected chi connectivity index (χ1v) is 12.6. The molecule has 35 heavy (non-hydrogen) atoms. The minimum Gasteiger partial charge on any atom is -0.453 e. The lowest BCUT2D eigenvalue weighted by Gasteiger charge is -2.30. The Hall–Kier alpha value is -2.82. The molecule has 0 radical (unpaired) electrons. The lowest BCUT2D eigenvalue weighted by atomic mass is 9.76. The Morgan fingerprint density at radius 2 is 1.57 bits per heavy atom. The maximum atomic E-state index is 15.8. The molecule has 0 bridgehead atoms. The van der Waals surface area contributed by atoms with Crippen LogP contribution in [0.25, 0.3) is 11.1 Å². The van der Waals surface area contributed by atoms with Gasteiger partial charge >= 0.3 is 0 Å². The standard InChI is InChI=1S/C30H32F4O/c1-3-4-5-8-20-11-13-21(14-12-20)28-26(33)17-19(2)30(29(28)34)35-27-10-7-6-9-23(27)22-15-16-24(31)25(32)18-22/h6-7,9-10,15-18,20-21H,3-5,8,11-14H2,1-2H3/t20-,21-. The van der Waals surface area contributed by atoms with Crippen LogP contribution in [0, 0.1) is 36.1 Å². The first kappa shape index (κ1) is 25.3. The van der Waals surface area contributed by atoms with Crippen LogP contribution in [0.2, 0.25) is 0 Å². The average molecular weight is 485 g/mol. The Balaban J connectivity index is 1.60. The summed E-state index contributed by atoms with van der Waals surface area (Å²) >= 11 is 0. The molecule has 0 unspecified atom stereocenters. The largest absolute Gasteiger partial charge is 0.453 e. The van der Waals surface area contributed by atoms with Gasteiger partial charge in [0.2, 0.25) is 0 Å². The summed E-state index contributed by atoms with van der Waals surface area (Å²) in [6.07, 6.45) is 8.32. The topological polar surface area (TPSA) is 9.23 Å². The molecule has 0 aliphatic heterocycles. The van der Waals surface area contributed by atoms with Crippen LogP contribution in [0.1, 0.15) is 75.3 Å². The summed E-state index contributed by atoms with van der Waals surface area (Å²) in [7, 11) is 0. The summed E-state index contributed by atoms with van der Waals surface area (Å²) in [5.41, 5.74) is 1.34. The number of benzene rings is 3. The van der Waals surface area contributed by atoms with Gasteiger partial charge < -0.3 is 4.74 Å². The number of aryl methyl sites for hydroxylation is 1. The fourth-order valence-corrected chi connectivity index (χ4v) is 5.22. The number of unbranched alkanes of at least 4 members (excludes halogenated alkanes) is 2. The predicted octanol–water partition coefficient (Wildman–Crippen LogP) is 9.86. The Morgan fingerprint density at radius 3 is 2.29 bits per heavy atom. The highest BCUT2D eigenvalue weighted by Crippen LogP contribution is 2.44. The van der Waals surface area contributed by atoms with Gasteiger partial charge in [0.25, 0.3) is 0 Å². The molecule has 0 spiro atoms. The SMILES string of the molecule is CCCCC[C@H]1CC[C@H](c2c(F)cc(C)c(Oc3ccccc3-c3ccc(F)c(F)c3)c2F)CC1. The molecule has 3 aromatic rings. The van der Waals surface area contributed by atoms with Crippen LogP contribution >= 0.6 is 0 Å². The Bertz CT molecular complexity index is 1170. The zero-order valence-corrected chi connectivity index (χ0v) is 20.4. The Labute approximate surface area is 205 Å². The van der Waals surface area contributed by atoms with Crippen LogP contribution < -0.4 is 4.74 Å². The quantitative estimate of drug-likeness (QED) is 0.228. The van der Waals surface area contributed by atoms with E-state index in [2.05, 4.69) is 6.92 Å². The summed E-state index contributed by atoms with van der Waals surface area (Å²) < 4.78 is 64.1.